The van der Waals surface area contributed by atoms with Crippen LogP contribution in [0.25, 0.3) is 0 Å². The molecule has 0 aliphatic rings. The second-order valence-corrected chi connectivity index (χ2v) is 7.42. The van der Waals surface area contributed by atoms with E-state index in [1.54, 1.807) is 53.9 Å². The van der Waals surface area contributed by atoms with E-state index in [-0.39, 0.29) is 6.61 Å². The van der Waals surface area contributed by atoms with E-state index in [1.807, 2.05) is 19.9 Å². The van der Waals surface area contributed by atoms with E-state index in [9.17, 15) is 9.59 Å². The molecule has 3 rings (SSSR count). The van der Waals surface area contributed by atoms with Gasteiger partial charge in [-0.15, -0.1) is 11.3 Å². The standard InChI is InChI=1S/C24H24N2O6S/c1-3-29-18-8-5-6-9-19(18)31-16-23(27)26-25-15-17-11-12-20(21(14-17)30-4-2)32-24(28)22-10-7-13-33-22/h5-15H,3-4,16H2,1-2H3,(H,26,27). The zero-order chi connectivity index (χ0) is 23.5. The van der Waals surface area contributed by atoms with Gasteiger partial charge in [0.1, 0.15) is 4.88 Å². The minimum absolute atomic E-state index is 0.219. The van der Waals surface area contributed by atoms with E-state index in [0.29, 0.717) is 46.7 Å². The Labute approximate surface area is 195 Å². The van der Waals surface area contributed by atoms with Crippen LogP contribution in [-0.2, 0) is 4.79 Å². The molecule has 8 nitrogen and oxygen atoms in total. The highest BCUT2D eigenvalue weighted by atomic mass is 32.1. The lowest BCUT2D eigenvalue weighted by Crippen LogP contribution is -2.24. The van der Waals surface area contributed by atoms with Gasteiger partial charge in [0.15, 0.2) is 29.6 Å². The van der Waals surface area contributed by atoms with Crippen LogP contribution in [0.3, 0.4) is 0 Å². The number of hydrogen-bond acceptors (Lipinski definition) is 8. The van der Waals surface area contributed by atoms with Gasteiger partial charge in [-0.05, 0) is 61.2 Å². The summed E-state index contributed by atoms with van der Waals surface area (Å²) in [4.78, 5) is 24.8. The fourth-order valence-corrected chi connectivity index (χ4v) is 3.30. The Balaban J connectivity index is 1.57. The highest BCUT2D eigenvalue weighted by Gasteiger charge is 2.14. The average molecular weight is 469 g/mol. The van der Waals surface area contributed by atoms with Crippen molar-refractivity contribution in [3.63, 3.8) is 0 Å². The van der Waals surface area contributed by atoms with E-state index in [0.717, 1.165) is 0 Å². The number of rotatable bonds is 11. The summed E-state index contributed by atoms with van der Waals surface area (Å²) >= 11 is 1.30. The summed E-state index contributed by atoms with van der Waals surface area (Å²) in [6.07, 6.45) is 1.46. The van der Waals surface area contributed by atoms with Gasteiger partial charge in [0.05, 0.1) is 19.4 Å². The Bertz CT molecular complexity index is 1100. The molecule has 9 heteroatoms. The first kappa shape index (κ1) is 23.8. The molecule has 0 aliphatic carbocycles. The number of para-hydroxylation sites is 2. The summed E-state index contributed by atoms with van der Waals surface area (Å²) in [5, 5.41) is 5.75. The van der Waals surface area contributed by atoms with Crippen LogP contribution in [0.15, 0.2) is 65.1 Å². The maximum Gasteiger partial charge on any atom is 0.353 e. The molecule has 0 saturated carbocycles. The highest BCUT2D eigenvalue weighted by Crippen LogP contribution is 2.29. The summed E-state index contributed by atoms with van der Waals surface area (Å²) in [6.45, 7) is 4.36. The first-order valence-corrected chi connectivity index (χ1v) is 11.2. The molecule has 0 bridgehead atoms. The number of esters is 1. The van der Waals surface area contributed by atoms with Gasteiger partial charge in [0, 0.05) is 0 Å². The minimum Gasteiger partial charge on any atom is -0.490 e. The molecule has 1 amide bonds. The van der Waals surface area contributed by atoms with Gasteiger partial charge in [0.25, 0.3) is 5.91 Å². The Kier molecular flexibility index (Phi) is 8.84. The van der Waals surface area contributed by atoms with Crippen molar-refractivity contribution < 1.29 is 28.5 Å². The number of hydrogen-bond donors (Lipinski definition) is 1. The number of thiophene rings is 1. The predicted molar refractivity (Wildman–Crippen MR) is 126 cm³/mol. The van der Waals surface area contributed by atoms with Gasteiger partial charge in [-0.3, -0.25) is 4.79 Å². The molecule has 172 valence electrons. The van der Waals surface area contributed by atoms with Crippen molar-refractivity contribution in [1.29, 1.82) is 0 Å². The molecule has 0 atom stereocenters. The topological polar surface area (TPSA) is 95.5 Å². The third kappa shape index (κ3) is 7.08. The lowest BCUT2D eigenvalue weighted by Gasteiger charge is -2.11. The molecule has 1 heterocycles. The van der Waals surface area contributed by atoms with Gasteiger partial charge < -0.3 is 18.9 Å². The largest absolute Gasteiger partial charge is 0.490 e. The van der Waals surface area contributed by atoms with Crippen LogP contribution in [0, 0.1) is 0 Å². The van der Waals surface area contributed by atoms with Crippen LogP contribution in [0.2, 0.25) is 0 Å². The van der Waals surface area contributed by atoms with Gasteiger partial charge >= 0.3 is 5.97 Å². The van der Waals surface area contributed by atoms with Crippen molar-refractivity contribution in [2.45, 2.75) is 13.8 Å². The summed E-state index contributed by atoms with van der Waals surface area (Å²) in [5.41, 5.74) is 3.06. The minimum atomic E-state index is -0.453. The van der Waals surface area contributed by atoms with Crippen LogP contribution in [-0.4, -0.2) is 37.9 Å². The smallest absolute Gasteiger partial charge is 0.353 e. The third-order valence-electron chi connectivity index (χ3n) is 4.10. The first-order valence-electron chi connectivity index (χ1n) is 10.3. The van der Waals surface area contributed by atoms with E-state index < -0.39 is 11.9 Å². The van der Waals surface area contributed by atoms with Crippen LogP contribution in [0.1, 0.15) is 29.1 Å². The zero-order valence-electron chi connectivity index (χ0n) is 18.3. The number of amides is 1. The molecule has 0 saturated heterocycles. The second kappa shape index (κ2) is 12.3. The molecular formula is C24H24N2O6S. The molecule has 0 spiro atoms. The highest BCUT2D eigenvalue weighted by molar-refractivity contribution is 7.12. The Morgan fingerprint density at radius 1 is 0.909 bits per heavy atom. The maximum atomic E-state index is 12.2. The van der Waals surface area contributed by atoms with Crippen LogP contribution in [0.5, 0.6) is 23.0 Å². The Hall–Kier alpha value is -3.85. The molecule has 0 radical (unpaired) electrons. The van der Waals surface area contributed by atoms with Crippen molar-refractivity contribution in [2.75, 3.05) is 19.8 Å². The van der Waals surface area contributed by atoms with Crippen molar-refractivity contribution >= 4 is 29.4 Å². The number of nitrogens with zero attached hydrogens (tertiary/aromatic N) is 1. The van der Waals surface area contributed by atoms with Gasteiger partial charge in [-0.1, -0.05) is 18.2 Å². The molecule has 3 aromatic rings. The monoisotopic (exact) mass is 468 g/mol. The third-order valence-corrected chi connectivity index (χ3v) is 4.95. The van der Waals surface area contributed by atoms with Gasteiger partial charge in [0.2, 0.25) is 0 Å². The van der Waals surface area contributed by atoms with Gasteiger partial charge in [-0.25, -0.2) is 10.2 Å². The summed E-state index contributed by atoms with van der Waals surface area (Å²) in [6, 6.07) is 15.6. The molecule has 0 unspecified atom stereocenters. The SMILES string of the molecule is CCOc1ccccc1OCC(=O)NN=Cc1ccc(OC(=O)c2cccs2)c(OCC)c1. The van der Waals surface area contributed by atoms with E-state index in [2.05, 4.69) is 10.5 Å². The fraction of sp³-hybridized carbons (Fsp3) is 0.208. The van der Waals surface area contributed by atoms with E-state index in [1.165, 1.54) is 17.6 Å². The predicted octanol–water partition coefficient (Wildman–Crippen LogP) is 4.29. The Morgan fingerprint density at radius 2 is 1.64 bits per heavy atom. The molecule has 33 heavy (non-hydrogen) atoms. The van der Waals surface area contributed by atoms with Crippen molar-refractivity contribution in [3.05, 3.63) is 70.4 Å². The van der Waals surface area contributed by atoms with Crippen LogP contribution in [0.4, 0.5) is 0 Å². The molecule has 2 aromatic carbocycles. The van der Waals surface area contributed by atoms with Crippen molar-refractivity contribution in [3.8, 4) is 23.0 Å². The number of benzene rings is 2. The normalized spacial score (nSPS) is 10.6. The molecule has 0 fully saturated rings. The number of nitrogens with one attached hydrogen (secondary N) is 1. The van der Waals surface area contributed by atoms with Crippen molar-refractivity contribution in [1.82, 2.24) is 5.43 Å². The average Bonchev–Trinajstić information content (AvgIpc) is 3.36. The lowest BCUT2D eigenvalue weighted by molar-refractivity contribution is -0.123. The lowest BCUT2D eigenvalue weighted by atomic mass is 10.2. The van der Waals surface area contributed by atoms with Gasteiger partial charge in [-0.2, -0.15) is 5.10 Å². The molecule has 1 aromatic heterocycles. The fourth-order valence-electron chi connectivity index (χ4n) is 2.70. The summed E-state index contributed by atoms with van der Waals surface area (Å²) in [5.74, 6) is 0.869. The molecular weight excluding hydrogens is 444 g/mol. The molecule has 0 aliphatic heterocycles. The van der Waals surface area contributed by atoms with E-state index in [4.69, 9.17) is 18.9 Å². The summed E-state index contributed by atoms with van der Waals surface area (Å²) in [7, 11) is 0. The quantitative estimate of drug-likeness (QED) is 0.195. The number of hydrazone groups is 1. The van der Waals surface area contributed by atoms with Crippen LogP contribution >= 0.6 is 11.3 Å². The van der Waals surface area contributed by atoms with E-state index >= 15 is 0 Å². The van der Waals surface area contributed by atoms with Crippen LogP contribution < -0.4 is 24.4 Å². The number of carbonyl (C=O) groups is 2. The maximum absolute atomic E-state index is 12.2. The number of ether oxygens (including phenoxy) is 4. The molecule has 1 N–H and O–H groups in total. The number of carbonyl (C=O) groups excluding carboxylic acids is 2. The first-order chi connectivity index (χ1) is 16.1. The zero-order valence-corrected chi connectivity index (χ0v) is 19.1. The summed E-state index contributed by atoms with van der Waals surface area (Å²) < 4.78 is 22.0. The van der Waals surface area contributed by atoms with Crippen molar-refractivity contribution in [2.24, 2.45) is 5.10 Å². The second-order valence-electron chi connectivity index (χ2n) is 6.47. The Morgan fingerprint density at radius 3 is 2.33 bits per heavy atom.